The number of benzene rings is 1. The zero-order chi connectivity index (χ0) is 20.0. The van der Waals surface area contributed by atoms with Crippen molar-refractivity contribution in [3.8, 4) is 0 Å². The fraction of sp³-hybridized carbons (Fsp3) is 0.550. The fourth-order valence-electron chi connectivity index (χ4n) is 3.03. The van der Waals surface area contributed by atoms with Crippen molar-refractivity contribution in [3.05, 3.63) is 40.7 Å². The van der Waals surface area contributed by atoms with E-state index in [1.165, 1.54) is 11.8 Å². The molecule has 2 unspecified atom stereocenters. The zero-order valence-electron chi connectivity index (χ0n) is 16.8. The van der Waals surface area contributed by atoms with Gasteiger partial charge in [-0.1, -0.05) is 55.8 Å². The molecule has 0 aliphatic heterocycles. The number of halogens is 1. The van der Waals surface area contributed by atoms with Crippen LogP contribution in [-0.2, 0) is 6.54 Å². The first-order chi connectivity index (χ1) is 12.9. The summed E-state index contributed by atoms with van der Waals surface area (Å²) in [5.74, 6) is 1.02. The molecule has 1 heterocycles. The highest BCUT2D eigenvalue weighted by molar-refractivity contribution is 8.00. The van der Waals surface area contributed by atoms with Gasteiger partial charge in [-0.3, -0.25) is 9.69 Å². The predicted molar refractivity (Wildman–Crippen MR) is 113 cm³/mol. The molecule has 27 heavy (non-hydrogen) atoms. The molecule has 0 fully saturated rings. The van der Waals surface area contributed by atoms with Gasteiger partial charge in [0.1, 0.15) is 0 Å². The molecular weight excluding hydrogens is 380 g/mol. The van der Waals surface area contributed by atoms with Crippen LogP contribution in [0.2, 0.25) is 5.02 Å². The summed E-state index contributed by atoms with van der Waals surface area (Å²) >= 11 is 7.50. The minimum atomic E-state index is -0.264. The summed E-state index contributed by atoms with van der Waals surface area (Å²) in [4.78, 5) is 15.0. The van der Waals surface area contributed by atoms with Gasteiger partial charge in [0, 0.05) is 17.1 Å². The van der Waals surface area contributed by atoms with Crippen molar-refractivity contribution in [1.29, 1.82) is 0 Å². The highest BCUT2D eigenvalue weighted by Crippen LogP contribution is 2.29. The monoisotopic (exact) mass is 408 g/mol. The third-order valence-electron chi connectivity index (χ3n) is 4.55. The van der Waals surface area contributed by atoms with Gasteiger partial charge in [-0.25, -0.2) is 0 Å². The zero-order valence-corrected chi connectivity index (χ0v) is 18.3. The second-order valence-corrected chi connectivity index (χ2v) is 8.61. The van der Waals surface area contributed by atoms with Crippen LogP contribution in [-0.4, -0.2) is 44.8 Å². The van der Waals surface area contributed by atoms with E-state index in [9.17, 15) is 4.79 Å². The summed E-state index contributed by atoms with van der Waals surface area (Å²) in [6.45, 7) is 7.10. The van der Waals surface area contributed by atoms with Crippen LogP contribution in [0.1, 0.15) is 62.3 Å². The van der Waals surface area contributed by atoms with E-state index in [1.807, 2.05) is 6.92 Å². The summed E-state index contributed by atoms with van der Waals surface area (Å²) in [7, 11) is 4.12. The van der Waals surface area contributed by atoms with E-state index in [0.29, 0.717) is 10.6 Å². The lowest BCUT2D eigenvalue weighted by Gasteiger charge is -2.23. The maximum Gasteiger partial charge on any atom is 0.191 e. The van der Waals surface area contributed by atoms with E-state index in [0.717, 1.165) is 36.8 Å². The average Bonchev–Trinajstić information content (AvgIpc) is 3.01. The van der Waals surface area contributed by atoms with Gasteiger partial charge in [-0.15, -0.1) is 10.2 Å². The van der Waals surface area contributed by atoms with Crippen molar-refractivity contribution in [3.63, 3.8) is 0 Å². The molecule has 0 bridgehead atoms. The van der Waals surface area contributed by atoms with Crippen LogP contribution >= 0.6 is 23.4 Å². The fourth-order valence-corrected chi connectivity index (χ4v) is 4.18. The highest BCUT2D eigenvalue weighted by Gasteiger charge is 2.25. The molecule has 0 amide bonds. The van der Waals surface area contributed by atoms with E-state index in [2.05, 4.69) is 47.6 Å². The summed E-state index contributed by atoms with van der Waals surface area (Å²) in [5.41, 5.74) is 0.627. The molecule has 1 aromatic carbocycles. The number of thioether (sulfide) groups is 1. The van der Waals surface area contributed by atoms with Gasteiger partial charge in [0.25, 0.3) is 0 Å². The van der Waals surface area contributed by atoms with Gasteiger partial charge in [-0.05, 0) is 46.0 Å². The Morgan fingerprint density at radius 2 is 2.04 bits per heavy atom. The predicted octanol–water partition coefficient (Wildman–Crippen LogP) is 5.11. The number of Topliss-reactive ketones (excluding diaryl/α,β-unsaturated/α-hetero) is 1. The Bertz CT molecular complexity index is 762. The lowest BCUT2D eigenvalue weighted by atomic mass is 10.1. The topological polar surface area (TPSA) is 51.0 Å². The van der Waals surface area contributed by atoms with Crippen molar-refractivity contribution < 1.29 is 4.79 Å². The van der Waals surface area contributed by atoms with E-state index in [1.54, 1.807) is 24.3 Å². The van der Waals surface area contributed by atoms with Crippen molar-refractivity contribution >= 4 is 29.1 Å². The lowest BCUT2D eigenvalue weighted by molar-refractivity contribution is 0.0994. The summed E-state index contributed by atoms with van der Waals surface area (Å²) in [5, 5.41) is 10.0. The van der Waals surface area contributed by atoms with Crippen LogP contribution in [0.15, 0.2) is 29.4 Å². The van der Waals surface area contributed by atoms with Gasteiger partial charge in [0.15, 0.2) is 16.8 Å². The first-order valence-corrected chi connectivity index (χ1v) is 10.7. The Morgan fingerprint density at radius 3 is 2.63 bits per heavy atom. The number of carbonyl (C=O) groups is 1. The van der Waals surface area contributed by atoms with Gasteiger partial charge in [0.2, 0.25) is 0 Å². The minimum Gasteiger partial charge on any atom is -0.305 e. The number of hydrogen-bond acceptors (Lipinski definition) is 5. The normalized spacial score (nSPS) is 13.7. The smallest absolute Gasteiger partial charge is 0.191 e. The van der Waals surface area contributed by atoms with Crippen molar-refractivity contribution in [1.82, 2.24) is 19.7 Å². The molecule has 5 nitrogen and oxygen atoms in total. The lowest BCUT2D eigenvalue weighted by Crippen LogP contribution is -2.23. The molecule has 0 saturated heterocycles. The van der Waals surface area contributed by atoms with Crippen molar-refractivity contribution in [2.75, 3.05) is 14.1 Å². The Morgan fingerprint density at radius 1 is 1.30 bits per heavy atom. The molecule has 0 aliphatic carbocycles. The average molecular weight is 409 g/mol. The Balaban J connectivity index is 2.26. The van der Waals surface area contributed by atoms with Crippen molar-refractivity contribution in [2.45, 2.75) is 63.0 Å². The van der Waals surface area contributed by atoms with Crippen LogP contribution in [0.5, 0.6) is 0 Å². The van der Waals surface area contributed by atoms with Crippen LogP contribution in [0.25, 0.3) is 0 Å². The Hall–Kier alpha value is -1.37. The van der Waals surface area contributed by atoms with E-state index >= 15 is 0 Å². The van der Waals surface area contributed by atoms with Gasteiger partial charge < -0.3 is 4.57 Å². The molecule has 148 valence electrons. The summed E-state index contributed by atoms with van der Waals surface area (Å²) in [6, 6.07) is 7.31. The number of nitrogens with zero attached hydrogens (tertiary/aromatic N) is 4. The Kier molecular flexibility index (Phi) is 8.32. The van der Waals surface area contributed by atoms with Crippen LogP contribution < -0.4 is 0 Å². The summed E-state index contributed by atoms with van der Waals surface area (Å²) < 4.78 is 2.18. The second-order valence-electron chi connectivity index (χ2n) is 6.87. The van der Waals surface area contributed by atoms with Crippen LogP contribution in [0, 0.1) is 0 Å². The first-order valence-electron chi connectivity index (χ1n) is 9.44. The van der Waals surface area contributed by atoms with E-state index < -0.39 is 0 Å². The Labute approximate surface area is 171 Å². The van der Waals surface area contributed by atoms with E-state index in [-0.39, 0.29) is 17.1 Å². The molecule has 2 atom stereocenters. The molecular formula is C20H29ClN4OS. The number of ketones is 1. The quantitative estimate of drug-likeness (QED) is 0.404. The molecule has 7 heteroatoms. The maximum absolute atomic E-state index is 12.8. The first kappa shape index (κ1) is 21.9. The highest BCUT2D eigenvalue weighted by atomic mass is 35.5. The SMILES string of the molecule is CCCCn1c(SC(C)C(=O)c2cccc(Cl)c2)nnc1C(CC)N(C)C. The molecule has 2 aromatic rings. The third kappa shape index (κ3) is 5.56. The number of unbranched alkanes of at least 4 members (excludes halogenated alkanes) is 1. The molecule has 0 saturated carbocycles. The van der Waals surface area contributed by atoms with Crippen molar-refractivity contribution in [2.24, 2.45) is 0 Å². The van der Waals surface area contributed by atoms with Crippen LogP contribution in [0.4, 0.5) is 0 Å². The molecule has 0 spiro atoms. The number of rotatable bonds is 10. The molecule has 1 aromatic heterocycles. The third-order valence-corrected chi connectivity index (χ3v) is 5.86. The van der Waals surface area contributed by atoms with Crippen LogP contribution in [0.3, 0.4) is 0 Å². The second kappa shape index (κ2) is 10.2. The van der Waals surface area contributed by atoms with Gasteiger partial charge in [0.05, 0.1) is 11.3 Å². The molecule has 0 N–H and O–H groups in total. The maximum atomic E-state index is 12.8. The minimum absolute atomic E-state index is 0.0498. The number of carbonyl (C=O) groups excluding carboxylic acids is 1. The number of hydrogen-bond donors (Lipinski definition) is 0. The molecule has 2 rings (SSSR count). The van der Waals surface area contributed by atoms with Gasteiger partial charge >= 0.3 is 0 Å². The van der Waals surface area contributed by atoms with E-state index in [4.69, 9.17) is 11.6 Å². The molecule has 0 radical (unpaired) electrons. The number of aromatic nitrogens is 3. The standard InChI is InChI=1S/C20H29ClN4OS/c1-6-8-12-25-19(17(7-2)24(4)5)22-23-20(25)27-14(3)18(26)15-10-9-11-16(21)13-15/h9-11,13-14,17H,6-8,12H2,1-5H3. The largest absolute Gasteiger partial charge is 0.305 e. The molecule has 0 aliphatic rings. The summed E-state index contributed by atoms with van der Waals surface area (Å²) in [6.07, 6.45) is 3.11. The van der Waals surface area contributed by atoms with Gasteiger partial charge in [-0.2, -0.15) is 0 Å².